The van der Waals surface area contributed by atoms with Gasteiger partial charge in [-0.15, -0.1) is 0 Å². The molecule has 0 saturated carbocycles. The van der Waals surface area contributed by atoms with Gasteiger partial charge in [0.2, 0.25) is 0 Å². The summed E-state index contributed by atoms with van der Waals surface area (Å²) in [7, 11) is 0. The van der Waals surface area contributed by atoms with E-state index >= 15 is 0 Å². The lowest BCUT2D eigenvalue weighted by atomic mass is 10.0. The smallest absolute Gasteiger partial charge is 0.337 e. The third kappa shape index (κ3) is 2.29. The number of pyridine rings is 1. The summed E-state index contributed by atoms with van der Waals surface area (Å²) in [5.41, 5.74) is 2.31. The van der Waals surface area contributed by atoms with Crippen molar-refractivity contribution in [3.05, 3.63) is 52.7 Å². The number of carbonyl (C=O) groups is 1. The van der Waals surface area contributed by atoms with Crippen molar-refractivity contribution in [2.24, 2.45) is 0 Å². The molecular formula is C13H10ClNO2. The van der Waals surface area contributed by atoms with E-state index in [1.165, 1.54) is 12.1 Å². The van der Waals surface area contributed by atoms with Crippen molar-refractivity contribution >= 4 is 17.6 Å². The van der Waals surface area contributed by atoms with Crippen LogP contribution < -0.4 is 0 Å². The standard InChI is InChI=1S/C13H10ClNO2/c1-8-4-2-3-5-9(8)12-10(13(16)17)6-7-11(14)15-12/h2-7H,1H3,(H,16,17). The monoisotopic (exact) mass is 247 g/mol. The number of carboxylic acids is 1. The van der Waals surface area contributed by atoms with E-state index in [0.717, 1.165) is 11.1 Å². The largest absolute Gasteiger partial charge is 0.478 e. The number of benzene rings is 1. The molecule has 1 aromatic heterocycles. The van der Waals surface area contributed by atoms with Crippen LogP contribution in [0, 0.1) is 6.92 Å². The number of hydrogen-bond acceptors (Lipinski definition) is 2. The van der Waals surface area contributed by atoms with Gasteiger partial charge in [0.1, 0.15) is 5.15 Å². The molecule has 0 saturated heterocycles. The van der Waals surface area contributed by atoms with E-state index in [-0.39, 0.29) is 10.7 Å². The number of rotatable bonds is 2. The summed E-state index contributed by atoms with van der Waals surface area (Å²) in [4.78, 5) is 15.2. The van der Waals surface area contributed by atoms with E-state index in [1.54, 1.807) is 0 Å². The molecule has 1 aromatic carbocycles. The van der Waals surface area contributed by atoms with Crippen molar-refractivity contribution in [1.82, 2.24) is 4.98 Å². The van der Waals surface area contributed by atoms with Crippen molar-refractivity contribution < 1.29 is 9.90 Å². The maximum absolute atomic E-state index is 11.1. The minimum Gasteiger partial charge on any atom is -0.478 e. The molecule has 17 heavy (non-hydrogen) atoms. The Labute approximate surface area is 104 Å². The molecule has 0 aliphatic rings. The van der Waals surface area contributed by atoms with Crippen LogP contribution in [0.3, 0.4) is 0 Å². The molecule has 4 heteroatoms. The molecule has 86 valence electrons. The number of halogens is 1. The minimum atomic E-state index is -1.01. The molecule has 0 fully saturated rings. The second-order valence-corrected chi connectivity index (χ2v) is 4.04. The quantitative estimate of drug-likeness (QED) is 0.828. The van der Waals surface area contributed by atoms with Crippen LogP contribution in [-0.2, 0) is 0 Å². The molecular weight excluding hydrogens is 238 g/mol. The van der Waals surface area contributed by atoms with Gasteiger partial charge in [0.15, 0.2) is 0 Å². The SMILES string of the molecule is Cc1ccccc1-c1nc(Cl)ccc1C(=O)O. The van der Waals surface area contributed by atoms with Gasteiger partial charge in [-0.1, -0.05) is 35.9 Å². The summed E-state index contributed by atoms with van der Waals surface area (Å²) in [6.45, 7) is 1.91. The lowest BCUT2D eigenvalue weighted by molar-refractivity contribution is 0.0697. The average molecular weight is 248 g/mol. The molecule has 0 aliphatic carbocycles. The summed E-state index contributed by atoms with van der Waals surface area (Å²) in [6.07, 6.45) is 0. The maximum atomic E-state index is 11.1. The highest BCUT2D eigenvalue weighted by atomic mass is 35.5. The summed E-state index contributed by atoms with van der Waals surface area (Å²) >= 11 is 5.82. The van der Waals surface area contributed by atoms with E-state index in [1.807, 2.05) is 31.2 Å². The third-order valence-electron chi connectivity index (χ3n) is 2.49. The fraction of sp³-hybridized carbons (Fsp3) is 0.0769. The molecule has 0 unspecified atom stereocenters. The third-order valence-corrected chi connectivity index (χ3v) is 2.70. The molecule has 0 bridgehead atoms. The Kier molecular flexibility index (Phi) is 3.11. The van der Waals surface area contributed by atoms with Gasteiger partial charge in [0, 0.05) is 5.56 Å². The van der Waals surface area contributed by atoms with Crippen molar-refractivity contribution in [2.45, 2.75) is 6.92 Å². The fourth-order valence-electron chi connectivity index (χ4n) is 1.65. The zero-order valence-corrected chi connectivity index (χ0v) is 9.90. The Bertz CT molecular complexity index is 581. The number of aromatic nitrogens is 1. The first-order valence-corrected chi connectivity index (χ1v) is 5.43. The zero-order chi connectivity index (χ0) is 12.4. The molecule has 0 radical (unpaired) electrons. The Morgan fingerprint density at radius 1 is 1.24 bits per heavy atom. The highest BCUT2D eigenvalue weighted by molar-refractivity contribution is 6.29. The number of aromatic carboxylic acids is 1. The second-order valence-electron chi connectivity index (χ2n) is 3.65. The highest BCUT2D eigenvalue weighted by Crippen LogP contribution is 2.26. The first-order valence-electron chi connectivity index (χ1n) is 5.05. The summed E-state index contributed by atoms with van der Waals surface area (Å²) < 4.78 is 0. The topological polar surface area (TPSA) is 50.2 Å². The van der Waals surface area contributed by atoms with E-state index in [2.05, 4.69) is 4.98 Å². The number of nitrogens with zero attached hydrogens (tertiary/aromatic N) is 1. The Hall–Kier alpha value is -1.87. The van der Waals surface area contributed by atoms with Gasteiger partial charge in [-0.3, -0.25) is 0 Å². The van der Waals surface area contributed by atoms with Gasteiger partial charge in [-0.05, 0) is 24.6 Å². The van der Waals surface area contributed by atoms with Crippen LogP contribution in [0.25, 0.3) is 11.3 Å². The normalized spacial score (nSPS) is 10.2. The first-order chi connectivity index (χ1) is 8.09. The molecule has 2 rings (SSSR count). The van der Waals surface area contributed by atoms with Crippen LogP contribution in [0.4, 0.5) is 0 Å². The van der Waals surface area contributed by atoms with Gasteiger partial charge in [-0.2, -0.15) is 0 Å². The van der Waals surface area contributed by atoms with Crippen molar-refractivity contribution in [2.75, 3.05) is 0 Å². The van der Waals surface area contributed by atoms with Gasteiger partial charge >= 0.3 is 5.97 Å². The lowest BCUT2D eigenvalue weighted by Crippen LogP contribution is -2.02. The van der Waals surface area contributed by atoms with E-state index in [9.17, 15) is 4.79 Å². The fourth-order valence-corrected chi connectivity index (χ4v) is 1.80. The van der Waals surface area contributed by atoms with Crippen LogP contribution in [-0.4, -0.2) is 16.1 Å². The molecule has 0 aliphatic heterocycles. The van der Waals surface area contributed by atoms with E-state index in [4.69, 9.17) is 16.7 Å². The van der Waals surface area contributed by atoms with Crippen molar-refractivity contribution in [1.29, 1.82) is 0 Å². The van der Waals surface area contributed by atoms with Gasteiger partial charge in [0.25, 0.3) is 0 Å². The van der Waals surface area contributed by atoms with Crippen molar-refractivity contribution in [3.63, 3.8) is 0 Å². The molecule has 1 N–H and O–H groups in total. The van der Waals surface area contributed by atoms with Crippen LogP contribution in [0.2, 0.25) is 5.15 Å². The Balaban J connectivity index is 2.70. The predicted octanol–water partition coefficient (Wildman–Crippen LogP) is 3.41. The molecule has 2 aromatic rings. The minimum absolute atomic E-state index is 0.156. The number of aryl methyl sites for hydroxylation is 1. The Morgan fingerprint density at radius 3 is 2.59 bits per heavy atom. The first kappa shape index (κ1) is 11.6. The number of hydrogen-bond donors (Lipinski definition) is 1. The lowest BCUT2D eigenvalue weighted by Gasteiger charge is -2.08. The van der Waals surface area contributed by atoms with Gasteiger partial charge in [-0.25, -0.2) is 9.78 Å². The van der Waals surface area contributed by atoms with E-state index in [0.29, 0.717) is 5.69 Å². The molecule has 0 atom stereocenters. The molecule has 0 spiro atoms. The van der Waals surface area contributed by atoms with Gasteiger partial charge in [0.05, 0.1) is 11.3 Å². The van der Waals surface area contributed by atoms with E-state index < -0.39 is 5.97 Å². The maximum Gasteiger partial charge on any atom is 0.337 e. The highest BCUT2D eigenvalue weighted by Gasteiger charge is 2.14. The summed E-state index contributed by atoms with van der Waals surface area (Å²) in [6, 6.07) is 10.4. The van der Waals surface area contributed by atoms with Crippen molar-refractivity contribution in [3.8, 4) is 11.3 Å². The van der Waals surface area contributed by atoms with Crippen LogP contribution in [0.5, 0.6) is 0 Å². The zero-order valence-electron chi connectivity index (χ0n) is 9.14. The molecule has 3 nitrogen and oxygen atoms in total. The summed E-state index contributed by atoms with van der Waals surface area (Å²) in [5, 5.41) is 9.41. The van der Waals surface area contributed by atoms with Crippen LogP contribution in [0.15, 0.2) is 36.4 Å². The molecule has 0 amide bonds. The predicted molar refractivity (Wildman–Crippen MR) is 66.4 cm³/mol. The summed E-state index contributed by atoms with van der Waals surface area (Å²) in [5.74, 6) is -1.01. The number of carboxylic acid groups (broad SMARTS) is 1. The van der Waals surface area contributed by atoms with Crippen LogP contribution in [0.1, 0.15) is 15.9 Å². The Morgan fingerprint density at radius 2 is 1.94 bits per heavy atom. The van der Waals surface area contributed by atoms with Gasteiger partial charge < -0.3 is 5.11 Å². The molecule has 1 heterocycles. The second kappa shape index (κ2) is 4.55. The average Bonchev–Trinajstić information content (AvgIpc) is 2.29. The van der Waals surface area contributed by atoms with Crippen LogP contribution >= 0.6 is 11.6 Å².